The van der Waals surface area contributed by atoms with E-state index in [9.17, 15) is 0 Å². The molecule has 4 aromatic heterocycles. The largest absolute Gasteiger partial charge is 0.378 e. The molecule has 0 aliphatic rings. The summed E-state index contributed by atoms with van der Waals surface area (Å²) < 4.78 is 9.20. The summed E-state index contributed by atoms with van der Waals surface area (Å²) in [7, 11) is 3.56. The third-order valence-electron chi connectivity index (χ3n) is 4.63. The zero-order valence-corrected chi connectivity index (χ0v) is 16.3. The molecular formula is C19H22N8O. The first-order valence-corrected chi connectivity index (χ1v) is 8.92. The van der Waals surface area contributed by atoms with Gasteiger partial charge in [-0.25, -0.2) is 9.97 Å². The Morgan fingerprint density at radius 2 is 2.00 bits per heavy atom. The van der Waals surface area contributed by atoms with E-state index in [1.165, 1.54) is 0 Å². The van der Waals surface area contributed by atoms with Crippen LogP contribution in [0.15, 0.2) is 42.9 Å². The number of nitrogens with zero attached hydrogens (tertiary/aromatic N) is 7. The van der Waals surface area contributed by atoms with E-state index in [1.807, 2.05) is 55.8 Å². The third kappa shape index (κ3) is 3.56. The van der Waals surface area contributed by atoms with E-state index in [0.29, 0.717) is 12.4 Å². The van der Waals surface area contributed by atoms with E-state index in [1.54, 1.807) is 24.2 Å². The highest BCUT2D eigenvalue weighted by atomic mass is 16.5. The van der Waals surface area contributed by atoms with E-state index in [4.69, 9.17) is 4.74 Å². The predicted molar refractivity (Wildman–Crippen MR) is 105 cm³/mol. The highest BCUT2D eigenvalue weighted by molar-refractivity contribution is 5.65. The second-order valence-electron chi connectivity index (χ2n) is 7.13. The van der Waals surface area contributed by atoms with Gasteiger partial charge < -0.3 is 10.1 Å². The van der Waals surface area contributed by atoms with Crippen molar-refractivity contribution < 1.29 is 4.74 Å². The van der Waals surface area contributed by atoms with E-state index in [-0.39, 0.29) is 5.60 Å². The van der Waals surface area contributed by atoms with Gasteiger partial charge in [0.1, 0.15) is 11.6 Å². The van der Waals surface area contributed by atoms with Crippen LogP contribution >= 0.6 is 0 Å². The average molecular weight is 378 g/mol. The number of methoxy groups -OCH3 is 1. The van der Waals surface area contributed by atoms with E-state index in [2.05, 4.69) is 30.6 Å². The Hall–Kier alpha value is -3.33. The Morgan fingerprint density at radius 3 is 2.75 bits per heavy atom. The Balaban J connectivity index is 1.63. The number of ether oxygens (including phenoxy) is 1. The molecule has 4 rings (SSSR count). The van der Waals surface area contributed by atoms with Gasteiger partial charge >= 0.3 is 0 Å². The molecule has 9 heteroatoms. The summed E-state index contributed by atoms with van der Waals surface area (Å²) in [6.45, 7) is 4.06. The van der Waals surface area contributed by atoms with E-state index in [0.717, 1.165) is 28.5 Å². The molecule has 0 aliphatic heterocycles. The number of fused-ring (bicyclic) bond motifs is 1. The lowest BCUT2D eigenvalue weighted by Crippen LogP contribution is -2.26. The Morgan fingerprint density at radius 1 is 1.14 bits per heavy atom. The molecule has 0 aliphatic carbocycles. The zero-order valence-electron chi connectivity index (χ0n) is 16.3. The zero-order chi connectivity index (χ0) is 19.7. The van der Waals surface area contributed by atoms with Crippen molar-refractivity contribution in [2.45, 2.75) is 25.9 Å². The molecule has 0 unspecified atom stereocenters. The molecule has 0 amide bonds. The van der Waals surface area contributed by atoms with Crippen LogP contribution in [0.3, 0.4) is 0 Å². The van der Waals surface area contributed by atoms with Crippen molar-refractivity contribution in [2.24, 2.45) is 7.05 Å². The number of nitrogens with one attached hydrogen (secondary N) is 1. The number of pyridine rings is 1. The first-order valence-electron chi connectivity index (χ1n) is 8.92. The topological polar surface area (TPSA) is 95.0 Å². The van der Waals surface area contributed by atoms with Gasteiger partial charge in [-0.05, 0) is 32.0 Å². The molecule has 4 aromatic rings. The van der Waals surface area contributed by atoms with Crippen molar-refractivity contribution >= 4 is 17.4 Å². The van der Waals surface area contributed by atoms with Gasteiger partial charge in [0.2, 0.25) is 5.95 Å². The van der Waals surface area contributed by atoms with Crippen LogP contribution in [0.4, 0.5) is 11.8 Å². The molecule has 0 bridgehead atoms. The van der Waals surface area contributed by atoms with Crippen molar-refractivity contribution in [3.63, 3.8) is 0 Å². The monoisotopic (exact) mass is 378 g/mol. The first-order chi connectivity index (χ1) is 13.4. The van der Waals surface area contributed by atoms with E-state index < -0.39 is 0 Å². The van der Waals surface area contributed by atoms with Gasteiger partial charge in [0.15, 0.2) is 5.65 Å². The van der Waals surface area contributed by atoms with Gasteiger partial charge in [0.25, 0.3) is 0 Å². The number of aryl methyl sites for hydroxylation is 1. The first kappa shape index (κ1) is 18.1. The number of anilines is 2. The summed E-state index contributed by atoms with van der Waals surface area (Å²) in [6.07, 6.45) is 6.06. The fraction of sp³-hybridized carbons (Fsp3) is 0.316. The summed E-state index contributed by atoms with van der Waals surface area (Å²) in [5, 5.41) is 15.9. The molecule has 0 aromatic carbocycles. The summed E-state index contributed by atoms with van der Waals surface area (Å²) >= 11 is 0. The fourth-order valence-corrected chi connectivity index (χ4v) is 2.86. The van der Waals surface area contributed by atoms with E-state index >= 15 is 0 Å². The SMILES string of the molecule is COC(C)(C)Cc1nnc2cc(-c3ccnc(Nc4ccnn4C)n3)ccn12. The van der Waals surface area contributed by atoms with Crippen LogP contribution in [-0.2, 0) is 18.2 Å². The quantitative estimate of drug-likeness (QED) is 0.551. The maximum absolute atomic E-state index is 5.51. The Labute approximate surface area is 162 Å². The summed E-state index contributed by atoms with van der Waals surface area (Å²) in [6, 6.07) is 7.69. The van der Waals surface area contributed by atoms with Crippen LogP contribution in [0.5, 0.6) is 0 Å². The average Bonchev–Trinajstić information content (AvgIpc) is 3.28. The van der Waals surface area contributed by atoms with Gasteiger partial charge in [0, 0.05) is 44.6 Å². The molecule has 0 saturated carbocycles. The van der Waals surface area contributed by atoms with Crippen LogP contribution in [0.25, 0.3) is 16.9 Å². The minimum atomic E-state index is -0.305. The standard InChI is InChI=1S/C19H22N8O/c1-19(2,28-4)12-17-25-24-16-11-13(7-10-27(16)17)14-5-8-20-18(22-14)23-15-6-9-21-26(15)3/h5-11H,12H2,1-4H3,(H,20,22,23). The Bertz CT molecular complexity index is 1110. The second-order valence-corrected chi connectivity index (χ2v) is 7.13. The lowest BCUT2D eigenvalue weighted by atomic mass is 10.1. The van der Waals surface area contributed by atoms with Crippen molar-refractivity contribution in [2.75, 3.05) is 12.4 Å². The van der Waals surface area contributed by atoms with Crippen LogP contribution in [0.1, 0.15) is 19.7 Å². The van der Waals surface area contributed by atoms with Crippen molar-refractivity contribution in [1.29, 1.82) is 0 Å². The van der Waals surface area contributed by atoms with Crippen LogP contribution in [-0.4, -0.2) is 47.1 Å². The highest BCUT2D eigenvalue weighted by Crippen LogP contribution is 2.22. The predicted octanol–water partition coefficient (Wildman–Crippen LogP) is 2.63. The molecule has 0 radical (unpaired) electrons. The molecule has 28 heavy (non-hydrogen) atoms. The summed E-state index contributed by atoms with van der Waals surface area (Å²) in [5.41, 5.74) is 2.19. The smallest absolute Gasteiger partial charge is 0.228 e. The van der Waals surface area contributed by atoms with Crippen LogP contribution in [0, 0.1) is 0 Å². The fourth-order valence-electron chi connectivity index (χ4n) is 2.86. The van der Waals surface area contributed by atoms with Crippen molar-refractivity contribution in [3.05, 3.63) is 48.7 Å². The van der Waals surface area contributed by atoms with Gasteiger partial charge in [0.05, 0.1) is 17.5 Å². The van der Waals surface area contributed by atoms with Gasteiger partial charge in [-0.2, -0.15) is 5.10 Å². The maximum atomic E-state index is 5.51. The molecule has 144 valence electrons. The highest BCUT2D eigenvalue weighted by Gasteiger charge is 2.21. The lowest BCUT2D eigenvalue weighted by Gasteiger charge is -2.21. The maximum Gasteiger partial charge on any atom is 0.228 e. The molecule has 4 heterocycles. The third-order valence-corrected chi connectivity index (χ3v) is 4.63. The van der Waals surface area contributed by atoms with Crippen LogP contribution < -0.4 is 5.32 Å². The minimum absolute atomic E-state index is 0.305. The van der Waals surface area contributed by atoms with Gasteiger partial charge in [-0.15, -0.1) is 10.2 Å². The minimum Gasteiger partial charge on any atom is -0.378 e. The molecule has 0 atom stereocenters. The molecule has 1 N–H and O–H groups in total. The van der Waals surface area contributed by atoms with Crippen molar-refractivity contribution in [1.82, 2.24) is 34.3 Å². The van der Waals surface area contributed by atoms with Crippen molar-refractivity contribution in [3.8, 4) is 11.3 Å². The van der Waals surface area contributed by atoms with Gasteiger partial charge in [-0.1, -0.05) is 0 Å². The lowest BCUT2D eigenvalue weighted by molar-refractivity contribution is 0.0214. The molecule has 0 spiro atoms. The van der Waals surface area contributed by atoms with Gasteiger partial charge in [-0.3, -0.25) is 9.08 Å². The number of hydrogen-bond acceptors (Lipinski definition) is 7. The summed E-state index contributed by atoms with van der Waals surface area (Å²) in [5.74, 6) is 2.18. The normalized spacial score (nSPS) is 11.9. The number of rotatable bonds is 6. The molecule has 9 nitrogen and oxygen atoms in total. The summed E-state index contributed by atoms with van der Waals surface area (Å²) in [4.78, 5) is 8.89. The van der Waals surface area contributed by atoms with Crippen LogP contribution in [0.2, 0.25) is 0 Å². The second kappa shape index (κ2) is 7.01. The Kier molecular flexibility index (Phi) is 4.52. The number of hydrogen-bond donors (Lipinski definition) is 1. The number of aromatic nitrogens is 7. The molecule has 0 fully saturated rings. The molecular weight excluding hydrogens is 356 g/mol. The molecule has 0 saturated heterocycles.